The third-order valence-corrected chi connectivity index (χ3v) is 5.51. The second-order valence-electron chi connectivity index (χ2n) is 8.15. The Kier molecular flexibility index (Phi) is 4.69. The number of anilines is 3. The molecule has 0 spiro atoms. The first-order valence-corrected chi connectivity index (χ1v) is 10.7. The molecule has 3 aromatic rings. The minimum Gasteiger partial charge on any atom is -0.494 e. The van der Waals surface area contributed by atoms with Crippen LogP contribution in [0.5, 0.6) is 5.75 Å². The van der Waals surface area contributed by atoms with Gasteiger partial charge in [0.25, 0.3) is 5.91 Å². The van der Waals surface area contributed by atoms with E-state index in [0.29, 0.717) is 11.3 Å². The number of hydrogen-bond donors (Lipinski definition) is 3. The largest absolute Gasteiger partial charge is 0.494 e. The van der Waals surface area contributed by atoms with Gasteiger partial charge in [0.2, 0.25) is 5.91 Å². The number of nitrogens with zero attached hydrogens (tertiary/aromatic N) is 5. The van der Waals surface area contributed by atoms with Crippen molar-refractivity contribution < 1.29 is 22.8 Å². The third kappa shape index (κ3) is 4.38. The fourth-order valence-corrected chi connectivity index (χ4v) is 3.47. The molecule has 2 amide bonds. The number of ether oxygens (including phenoxy) is 1. The van der Waals surface area contributed by atoms with Crippen molar-refractivity contribution in [2.45, 2.75) is 31.7 Å². The molecule has 5 rings (SSSR count). The summed E-state index contributed by atoms with van der Waals surface area (Å²) in [5.41, 5.74) is 0.396. The van der Waals surface area contributed by atoms with E-state index in [4.69, 9.17) is 8.85 Å². The van der Waals surface area contributed by atoms with E-state index in [9.17, 15) is 14.0 Å². The van der Waals surface area contributed by atoms with Gasteiger partial charge in [-0.15, -0.1) is 10.2 Å². The van der Waals surface area contributed by atoms with Crippen LogP contribution >= 0.6 is 0 Å². The molecule has 0 unspecified atom stereocenters. The standard InChI is InChI=1S/C22H23FN8O3/c1-24-22(33)19-15(9-18(28-29-19)27-21(32)11-3-4-11)26-16-8-12(23)7-14(20(16)34-2)17-10-25-31(30-17)13-5-6-13/h7-11,13H,3-6H2,1-2H3,(H,24,33)(H2,26,27,28,32)/i1D3. The molecule has 0 radical (unpaired) electrons. The first-order valence-electron chi connectivity index (χ1n) is 12.2. The van der Waals surface area contributed by atoms with E-state index in [0.717, 1.165) is 31.7 Å². The molecule has 0 atom stereocenters. The number of benzene rings is 1. The van der Waals surface area contributed by atoms with Crippen LogP contribution in [0.15, 0.2) is 24.4 Å². The van der Waals surface area contributed by atoms with Crippen molar-refractivity contribution in [1.82, 2.24) is 30.5 Å². The smallest absolute Gasteiger partial charge is 0.273 e. The van der Waals surface area contributed by atoms with Gasteiger partial charge in [-0.2, -0.15) is 15.0 Å². The molecule has 2 heterocycles. The first kappa shape index (κ1) is 18.3. The average Bonchev–Trinajstić information content (AvgIpc) is 3.76. The van der Waals surface area contributed by atoms with Crippen LogP contribution in [0.1, 0.15) is 46.3 Å². The summed E-state index contributed by atoms with van der Waals surface area (Å²) >= 11 is 0. The third-order valence-electron chi connectivity index (χ3n) is 5.51. The number of carbonyl (C=O) groups is 2. The van der Waals surface area contributed by atoms with E-state index in [2.05, 4.69) is 31.0 Å². The van der Waals surface area contributed by atoms with Crippen molar-refractivity contribution in [3.8, 4) is 17.0 Å². The molecule has 2 fully saturated rings. The minimum absolute atomic E-state index is 0.0284. The van der Waals surface area contributed by atoms with E-state index in [1.54, 1.807) is 4.80 Å². The van der Waals surface area contributed by atoms with Crippen LogP contribution in [0.25, 0.3) is 11.3 Å². The van der Waals surface area contributed by atoms with Crippen LogP contribution in [0, 0.1) is 11.7 Å². The molecular formula is C22H23FN8O3. The van der Waals surface area contributed by atoms with Crippen molar-refractivity contribution in [3.63, 3.8) is 0 Å². The molecule has 0 bridgehead atoms. The van der Waals surface area contributed by atoms with Crippen molar-refractivity contribution in [2.75, 3.05) is 24.7 Å². The van der Waals surface area contributed by atoms with Gasteiger partial charge in [0.05, 0.1) is 36.3 Å². The Hall–Kier alpha value is -4.09. The Morgan fingerprint density at radius 1 is 1.18 bits per heavy atom. The minimum atomic E-state index is -2.79. The molecule has 2 aliphatic rings. The topological polar surface area (TPSA) is 136 Å². The van der Waals surface area contributed by atoms with Crippen molar-refractivity contribution in [2.24, 2.45) is 5.92 Å². The highest BCUT2D eigenvalue weighted by atomic mass is 19.1. The molecule has 176 valence electrons. The Balaban J connectivity index is 1.53. The lowest BCUT2D eigenvalue weighted by Crippen LogP contribution is -2.22. The Morgan fingerprint density at radius 3 is 2.71 bits per heavy atom. The molecular weight excluding hydrogens is 443 g/mol. The van der Waals surface area contributed by atoms with Gasteiger partial charge in [-0.1, -0.05) is 0 Å². The highest BCUT2D eigenvalue weighted by Gasteiger charge is 2.30. The predicted molar refractivity (Wildman–Crippen MR) is 120 cm³/mol. The normalized spacial score (nSPS) is 16.7. The zero-order valence-electron chi connectivity index (χ0n) is 21.1. The van der Waals surface area contributed by atoms with Gasteiger partial charge in [-0.3, -0.25) is 9.59 Å². The highest BCUT2D eigenvalue weighted by Crippen LogP contribution is 2.40. The molecule has 12 heteroatoms. The van der Waals surface area contributed by atoms with Gasteiger partial charge in [0, 0.05) is 29.1 Å². The average molecular weight is 469 g/mol. The fraction of sp³-hybridized carbons (Fsp3) is 0.364. The van der Waals surface area contributed by atoms with E-state index >= 15 is 0 Å². The lowest BCUT2D eigenvalue weighted by molar-refractivity contribution is -0.117. The number of carbonyl (C=O) groups excluding carboxylic acids is 2. The summed E-state index contributed by atoms with van der Waals surface area (Å²) in [6, 6.07) is 3.92. The summed E-state index contributed by atoms with van der Waals surface area (Å²) in [7, 11) is 1.39. The fourth-order valence-electron chi connectivity index (χ4n) is 3.47. The van der Waals surface area contributed by atoms with Crippen LogP contribution in [0.2, 0.25) is 0 Å². The van der Waals surface area contributed by atoms with Gasteiger partial charge in [-0.05, 0) is 31.7 Å². The number of nitrogens with one attached hydrogen (secondary N) is 3. The SMILES string of the molecule is [2H]C([2H])([2H])NC(=O)c1nnc(NC(=O)C2CC2)cc1Nc1cc(F)cc(-c2cnn(C3CC3)n2)c1OC. The van der Waals surface area contributed by atoms with Gasteiger partial charge in [-0.25, -0.2) is 4.39 Å². The molecule has 34 heavy (non-hydrogen) atoms. The second-order valence-corrected chi connectivity index (χ2v) is 8.15. The summed E-state index contributed by atoms with van der Waals surface area (Å²) in [5, 5.41) is 23.7. The summed E-state index contributed by atoms with van der Waals surface area (Å²) < 4.78 is 42.3. The number of aromatic nitrogens is 5. The second kappa shape index (κ2) is 8.69. The number of rotatable bonds is 8. The molecule has 11 nitrogen and oxygen atoms in total. The van der Waals surface area contributed by atoms with Gasteiger partial charge in [0.1, 0.15) is 11.5 Å². The molecule has 2 aromatic heterocycles. The monoisotopic (exact) mass is 469 g/mol. The molecule has 2 aliphatic carbocycles. The maximum atomic E-state index is 14.7. The van der Waals surface area contributed by atoms with Crippen molar-refractivity contribution >= 4 is 29.0 Å². The van der Waals surface area contributed by atoms with E-state index in [-0.39, 0.29) is 46.5 Å². The number of halogens is 1. The predicted octanol–water partition coefficient (Wildman–Crippen LogP) is 2.67. The Labute approximate surface area is 198 Å². The number of methoxy groups -OCH3 is 1. The summed E-state index contributed by atoms with van der Waals surface area (Å²) in [5.74, 6) is -1.80. The molecule has 0 aliphatic heterocycles. The maximum Gasteiger partial charge on any atom is 0.273 e. The van der Waals surface area contributed by atoms with Gasteiger partial charge < -0.3 is 20.7 Å². The summed E-state index contributed by atoms with van der Waals surface area (Å²) in [6.45, 7) is -2.79. The van der Waals surface area contributed by atoms with Gasteiger partial charge in [0.15, 0.2) is 17.3 Å². The van der Waals surface area contributed by atoms with Gasteiger partial charge >= 0.3 is 0 Å². The van der Waals surface area contributed by atoms with E-state index in [1.165, 1.54) is 25.4 Å². The molecule has 1 aromatic carbocycles. The quantitative estimate of drug-likeness (QED) is 0.458. The highest BCUT2D eigenvalue weighted by molar-refractivity contribution is 6.00. The zero-order chi connectivity index (χ0) is 26.3. The first-order chi connectivity index (χ1) is 17.6. The Morgan fingerprint density at radius 2 is 2.00 bits per heavy atom. The van der Waals surface area contributed by atoms with Crippen LogP contribution in [0.3, 0.4) is 0 Å². The van der Waals surface area contributed by atoms with Crippen molar-refractivity contribution in [1.29, 1.82) is 0 Å². The lowest BCUT2D eigenvalue weighted by Gasteiger charge is -2.16. The molecule has 0 saturated heterocycles. The molecule has 3 N–H and O–H groups in total. The maximum absolute atomic E-state index is 14.7. The summed E-state index contributed by atoms with van der Waals surface area (Å²) in [4.78, 5) is 26.5. The van der Waals surface area contributed by atoms with E-state index < -0.39 is 18.7 Å². The molecule has 2 saturated carbocycles. The lowest BCUT2D eigenvalue weighted by atomic mass is 10.1. The van der Waals surface area contributed by atoms with Crippen molar-refractivity contribution in [3.05, 3.63) is 35.9 Å². The van der Waals surface area contributed by atoms with Crippen LogP contribution in [-0.4, -0.2) is 51.1 Å². The zero-order valence-corrected chi connectivity index (χ0v) is 18.1. The summed E-state index contributed by atoms with van der Waals surface area (Å²) in [6.07, 6.45) is 4.97. The number of hydrogen-bond acceptors (Lipinski definition) is 8. The Bertz CT molecular complexity index is 1370. The van der Waals surface area contributed by atoms with E-state index in [1.807, 2.05) is 5.32 Å². The van der Waals surface area contributed by atoms with Crippen LogP contribution in [-0.2, 0) is 4.79 Å². The van der Waals surface area contributed by atoms with Crippen LogP contribution in [0.4, 0.5) is 21.6 Å². The number of amides is 2. The van der Waals surface area contributed by atoms with Crippen LogP contribution < -0.4 is 20.7 Å².